The Hall–Kier alpha value is -1.11. The predicted octanol–water partition coefficient (Wildman–Crippen LogP) is 1.74. The zero-order chi connectivity index (χ0) is 15.3. The Morgan fingerprint density at radius 2 is 1.65 bits per heavy atom. The fourth-order valence-electron chi connectivity index (χ4n) is 1.58. The van der Waals surface area contributed by atoms with Gasteiger partial charge in [0.2, 0.25) is 10.0 Å². The van der Waals surface area contributed by atoms with Crippen molar-refractivity contribution in [1.82, 2.24) is 9.62 Å². The Balaban J connectivity index is 2.70. The van der Waals surface area contributed by atoms with Gasteiger partial charge in [-0.05, 0) is 59.1 Å². The number of nitrogens with zero attached hydrogens (tertiary/aromatic N) is 1. The number of anilines is 1. The number of rotatable bonds is 7. The molecule has 0 aliphatic carbocycles. The molecule has 5 nitrogen and oxygen atoms in total. The fraction of sp³-hybridized carbons (Fsp3) is 0.571. The Labute approximate surface area is 122 Å². The van der Waals surface area contributed by atoms with Crippen molar-refractivity contribution in [3.8, 4) is 0 Å². The van der Waals surface area contributed by atoms with E-state index in [0.29, 0.717) is 6.04 Å². The van der Waals surface area contributed by atoms with Gasteiger partial charge in [0.25, 0.3) is 0 Å². The van der Waals surface area contributed by atoms with E-state index in [-0.39, 0.29) is 10.9 Å². The molecule has 114 valence electrons. The Morgan fingerprint density at radius 3 is 2.10 bits per heavy atom. The molecule has 0 amide bonds. The largest absolute Gasteiger partial charge is 0.383 e. The van der Waals surface area contributed by atoms with E-state index in [4.69, 9.17) is 0 Å². The van der Waals surface area contributed by atoms with Gasteiger partial charge in [0.05, 0.1) is 4.90 Å². The quantitative estimate of drug-likeness (QED) is 0.805. The van der Waals surface area contributed by atoms with Gasteiger partial charge in [0, 0.05) is 24.3 Å². The van der Waals surface area contributed by atoms with Crippen molar-refractivity contribution in [3.05, 3.63) is 24.3 Å². The minimum absolute atomic E-state index is 0.112. The molecule has 0 heterocycles. The molecular weight excluding hydrogens is 274 g/mol. The molecule has 0 aliphatic heterocycles. The molecule has 6 heteroatoms. The lowest BCUT2D eigenvalue weighted by atomic mass is 10.3. The van der Waals surface area contributed by atoms with Crippen molar-refractivity contribution in [2.24, 2.45) is 0 Å². The summed E-state index contributed by atoms with van der Waals surface area (Å²) >= 11 is 0. The maximum atomic E-state index is 12.0. The SMILES string of the molecule is CC(C)NS(=O)(=O)c1ccc(NCC(C)N(C)C)cc1. The van der Waals surface area contributed by atoms with Gasteiger partial charge in [-0.25, -0.2) is 13.1 Å². The fourth-order valence-corrected chi connectivity index (χ4v) is 2.83. The molecule has 2 N–H and O–H groups in total. The van der Waals surface area contributed by atoms with Gasteiger partial charge >= 0.3 is 0 Å². The van der Waals surface area contributed by atoms with Gasteiger partial charge in [-0.3, -0.25) is 0 Å². The number of benzene rings is 1. The first-order valence-corrected chi connectivity index (χ1v) is 8.23. The van der Waals surface area contributed by atoms with Gasteiger partial charge in [0.1, 0.15) is 0 Å². The van der Waals surface area contributed by atoms with Gasteiger partial charge in [0.15, 0.2) is 0 Å². The number of hydrogen-bond acceptors (Lipinski definition) is 4. The van der Waals surface area contributed by atoms with Crippen LogP contribution in [0.15, 0.2) is 29.2 Å². The Morgan fingerprint density at radius 1 is 1.10 bits per heavy atom. The first kappa shape index (κ1) is 16.9. The normalized spacial score (nSPS) is 13.8. The van der Waals surface area contributed by atoms with Crippen molar-refractivity contribution < 1.29 is 8.42 Å². The van der Waals surface area contributed by atoms with E-state index in [9.17, 15) is 8.42 Å². The third-order valence-electron chi connectivity index (χ3n) is 3.04. The maximum absolute atomic E-state index is 12.0. The zero-order valence-corrected chi connectivity index (χ0v) is 13.7. The van der Waals surface area contributed by atoms with E-state index >= 15 is 0 Å². The molecule has 0 aliphatic rings. The number of sulfonamides is 1. The van der Waals surface area contributed by atoms with E-state index < -0.39 is 10.0 Å². The van der Waals surface area contributed by atoms with Crippen molar-refractivity contribution >= 4 is 15.7 Å². The first-order valence-electron chi connectivity index (χ1n) is 6.75. The summed E-state index contributed by atoms with van der Waals surface area (Å²) in [6.45, 7) is 6.54. The lowest BCUT2D eigenvalue weighted by Gasteiger charge is -2.20. The van der Waals surface area contributed by atoms with E-state index in [1.807, 2.05) is 14.1 Å². The number of hydrogen-bond donors (Lipinski definition) is 2. The molecule has 1 aromatic carbocycles. The second-order valence-electron chi connectivity index (χ2n) is 5.49. The molecule has 0 saturated heterocycles. The molecule has 1 unspecified atom stereocenters. The highest BCUT2D eigenvalue weighted by molar-refractivity contribution is 7.89. The van der Waals surface area contributed by atoms with Crippen LogP contribution in [0.4, 0.5) is 5.69 Å². The van der Waals surface area contributed by atoms with Crippen molar-refractivity contribution in [1.29, 1.82) is 0 Å². The number of nitrogens with one attached hydrogen (secondary N) is 2. The van der Waals surface area contributed by atoms with Crippen LogP contribution in [-0.2, 0) is 10.0 Å². The third kappa shape index (κ3) is 5.11. The highest BCUT2D eigenvalue weighted by Crippen LogP contribution is 2.14. The lowest BCUT2D eigenvalue weighted by Crippen LogP contribution is -2.31. The van der Waals surface area contributed by atoms with Gasteiger partial charge in [-0.1, -0.05) is 0 Å². The summed E-state index contributed by atoms with van der Waals surface area (Å²) in [4.78, 5) is 2.41. The van der Waals surface area contributed by atoms with Crippen molar-refractivity contribution in [3.63, 3.8) is 0 Å². The summed E-state index contributed by atoms with van der Waals surface area (Å²) in [5.41, 5.74) is 0.919. The second-order valence-corrected chi connectivity index (χ2v) is 7.21. The molecule has 0 saturated carbocycles. The topological polar surface area (TPSA) is 61.4 Å². The first-order chi connectivity index (χ1) is 9.22. The molecule has 0 aromatic heterocycles. The minimum atomic E-state index is -3.41. The van der Waals surface area contributed by atoms with Crippen LogP contribution in [0.25, 0.3) is 0 Å². The van der Waals surface area contributed by atoms with Gasteiger partial charge < -0.3 is 10.2 Å². The maximum Gasteiger partial charge on any atom is 0.240 e. The summed E-state index contributed by atoms with van der Waals surface area (Å²) < 4.78 is 26.5. The highest BCUT2D eigenvalue weighted by atomic mass is 32.2. The van der Waals surface area contributed by atoms with Crippen LogP contribution in [0.3, 0.4) is 0 Å². The molecule has 0 spiro atoms. The van der Waals surface area contributed by atoms with Crippen LogP contribution in [-0.4, -0.2) is 46.0 Å². The van der Waals surface area contributed by atoms with Crippen LogP contribution in [0.2, 0.25) is 0 Å². The van der Waals surface area contributed by atoms with Crippen molar-refractivity contribution in [2.75, 3.05) is 26.0 Å². The molecule has 0 fully saturated rings. The average Bonchev–Trinajstić information content (AvgIpc) is 2.34. The summed E-state index contributed by atoms with van der Waals surface area (Å²) in [6.07, 6.45) is 0. The molecular formula is C14H25N3O2S. The van der Waals surface area contributed by atoms with E-state index in [0.717, 1.165) is 12.2 Å². The summed E-state index contributed by atoms with van der Waals surface area (Å²) in [5, 5.41) is 3.29. The average molecular weight is 299 g/mol. The van der Waals surface area contributed by atoms with Gasteiger partial charge in [-0.2, -0.15) is 0 Å². The molecule has 0 radical (unpaired) electrons. The van der Waals surface area contributed by atoms with Crippen LogP contribution >= 0.6 is 0 Å². The zero-order valence-electron chi connectivity index (χ0n) is 12.8. The van der Waals surface area contributed by atoms with E-state index in [1.54, 1.807) is 38.1 Å². The third-order valence-corrected chi connectivity index (χ3v) is 4.71. The van der Waals surface area contributed by atoms with Crippen LogP contribution in [0.5, 0.6) is 0 Å². The minimum Gasteiger partial charge on any atom is -0.383 e. The molecule has 1 rings (SSSR count). The standard InChI is InChI=1S/C14H25N3O2S/c1-11(2)16-20(18,19)14-8-6-13(7-9-14)15-10-12(3)17(4)5/h6-9,11-12,15-16H,10H2,1-5H3. The smallest absolute Gasteiger partial charge is 0.240 e. The van der Waals surface area contributed by atoms with Crippen LogP contribution in [0, 0.1) is 0 Å². The Kier molecular flexibility index (Phi) is 5.98. The van der Waals surface area contributed by atoms with Crippen LogP contribution in [0.1, 0.15) is 20.8 Å². The summed E-state index contributed by atoms with van der Waals surface area (Å²) in [5.74, 6) is 0. The highest BCUT2D eigenvalue weighted by Gasteiger charge is 2.14. The predicted molar refractivity (Wildman–Crippen MR) is 83.5 cm³/mol. The Bertz CT molecular complexity index is 510. The second kappa shape index (κ2) is 7.06. The molecule has 1 atom stereocenters. The summed E-state index contributed by atoms with van der Waals surface area (Å²) in [7, 11) is 0.648. The molecule has 0 bridgehead atoms. The lowest BCUT2D eigenvalue weighted by molar-refractivity contribution is 0.326. The molecule has 1 aromatic rings. The van der Waals surface area contributed by atoms with Crippen molar-refractivity contribution in [2.45, 2.75) is 37.8 Å². The molecule has 20 heavy (non-hydrogen) atoms. The van der Waals surface area contributed by atoms with Gasteiger partial charge in [-0.15, -0.1) is 0 Å². The monoisotopic (exact) mass is 299 g/mol. The summed E-state index contributed by atoms with van der Waals surface area (Å²) in [6, 6.07) is 7.11. The van der Waals surface area contributed by atoms with Crippen LogP contribution < -0.4 is 10.0 Å². The van der Waals surface area contributed by atoms with E-state index in [1.165, 1.54) is 0 Å². The number of likely N-dealkylation sites (N-methyl/N-ethyl adjacent to an activating group) is 1. The van der Waals surface area contributed by atoms with E-state index in [2.05, 4.69) is 21.9 Å².